The van der Waals surface area contributed by atoms with Gasteiger partial charge >= 0.3 is 5.51 Å². The van der Waals surface area contributed by atoms with Gasteiger partial charge in [-0.25, -0.2) is 13.4 Å². The maximum Gasteiger partial charge on any atom is 0.485 e. The number of hydrogen-bond acceptors (Lipinski definition) is 4. The zero-order valence-electron chi connectivity index (χ0n) is 10.9. The minimum absolute atomic E-state index is 1.19. The van der Waals surface area contributed by atoms with Gasteiger partial charge in [-0.15, -0.1) is 0 Å². The molecular weight excluding hydrogens is 285 g/mol. The SMILES string of the molecule is CCCC[NH+]1C=NC(C)=C1C.O=S(=O)([O-])C(F)(F)F. The molecule has 9 heteroatoms. The molecule has 0 aromatic heterocycles. The van der Waals surface area contributed by atoms with E-state index in [0.29, 0.717) is 0 Å². The number of aliphatic imine (C=N–C) groups is 1. The molecular formula is C10H17F3N2O3S. The fourth-order valence-corrected chi connectivity index (χ4v) is 1.22. The van der Waals surface area contributed by atoms with E-state index in [1.807, 2.05) is 6.34 Å². The molecule has 1 N–H and O–H groups in total. The molecule has 0 aliphatic carbocycles. The molecule has 5 nitrogen and oxygen atoms in total. The fourth-order valence-electron chi connectivity index (χ4n) is 1.22. The van der Waals surface area contributed by atoms with E-state index < -0.39 is 15.6 Å². The maximum atomic E-state index is 10.7. The van der Waals surface area contributed by atoms with Crippen LogP contribution >= 0.6 is 0 Å². The summed E-state index contributed by atoms with van der Waals surface area (Å²) in [6.07, 6.45) is 4.57. The zero-order chi connectivity index (χ0) is 15.3. The number of halogens is 3. The second-order valence-corrected chi connectivity index (χ2v) is 5.37. The Balaban J connectivity index is 0.000000362. The molecule has 0 radical (unpaired) electrons. The third-order valence-corrected chi connectivity index (χ3v) is 3.09. The summed E-state index contributed by atoms with van der Waals surface area (Å²) in [6.45, 7) is 7.65. The number of rotatable bonds is 3. The highest BCUT2D eigenvalue weighted by atomic mass is 32.2. The van der Waals surface area contributed by atoms with Crippen LogP contribution in [0.1, 0.15) is 33.6 Å². The minimum atomic E-state index is -6.09. The van der Waals surface area contributed by atoms with Crippen LogP contribution in [0.25, 0.3) is 0 Å². The van der Waals surface area contributed by atoms with Crippen LogP contribution in [0, 0.1) is 0 Å². The lowest BCUT2D eigenvalue weighted by molar-refractivity contribution is -0.752. The molecule has 0 saturated heterocycles. The highest BCUT2D eigenvalue weighted by molar-refractivity contribution is 7.86. The summed E-state index contributed by atoms with van der Waals surface area (Å²) in [5.74, 6) is 0. The third kappa shape index (κ3) is 6.17. The van der Waals surface area contributed by atoms with E-state index in [1.54, 1.807) is 0 Å². The molecule has 1 aliphatic rings. The van der Waals surface area contributed by atoms with Crippen molar-refractivity contribution in [3.8, 4) is 0 Å². The molecule has 112 valence electrons. The summed E-state index contributed by atoms with van der Waals surface area (Å²) in [7, 11) is -6.09. The van der Waals surface area contributed by atoms with E-state index in [9.17, 15) is 13.2 Å². The summed E-state index contributed by atoms with van der Waals surface area (Å²) in [5, 5.41) is 0. The van der Waals surface area contributed by atoms with E-state index in [0.717, 1.165) is 0 Å². The van der Waals surface area contributed by atoms with Crippen molar-refractivity contribution < 1.29 is 31.0 Å². The summed E-state index contributed by atoms with van der Waals surface area (Å²) in [6, 6.07) is 0. The first-order valence-electron chi connectivity index (χ1n) is 5.60. The smallest absolute Gasteiger partial charge is 0.485 e. The van der Waals surface area contributed by atoms with Gasteiger partial charge in [0.1, 0.15) is 5.70 Å². The first-order valence-corrected chi connectivity index (χ1v) is 7.01. The summed E-state index contributed by atoms with van der Waals surface area (Å²) in [5.41, 5.74) is -3.07. The largest absolute Gasteiger partial charge is 0.741 e. The summed E-state index contributed by atoms with van der Waals surface area (Å²) < 4.78 is 58.9. The van der Waals surface area contributed by atoms with Crippen molar-refractivity contribution in [2.24, 2.45) is 4.99 Å². The standard InChI is InChI=1S/C9H16N2.CHF3O3S/c1-4-5-6-11-7-10-8(2)9(11)3;2-1(3,4)8(5,6)7/h7H,4-6H2,1-3H3;(H,5,6,7). The Morgan fingerprint density at radius 3 is 2.11 bits per heavy atom. The normalized spacial score (nSPS) is 19.4. The monoisotopic (exact) mass is 302 g/mol. The van der Waals surface area contributed by atoms with Crippen LogP contribution in [0.5, 0.6) is 0 Å². The van der Waals surface area contributed by atoms with Crippen molar-refractivity contribution in [3.63, 3.8) is 0 Å². The van der Waals surface area contributed by atoms with Crippen LogP contribution in [0.15, 0.2) is 16.4 Å². The quantitative estimate of drug-likeness (QED) is 0.625. The van der Waals surface area contributed by atoms with Crippen molar-refractivity contribution >= 4 is 16.5 Å². The molecule has 1 heterocycles. The Kier molecular flexibility index (Phi) is 6.67. The average Bonchev–Trinajstić information content (AvgIpc) is 2.55. The number of hydrogen-bond donors (Lipinski definition) is 1. The number of allylic oxidation sites excluding steroid dienone is 2. The van der Waals surface area contributed by atoms with Gasteiger partial charge in [0.15, 0.2) is 16.5 Å². The maximum absolute atomic E-state index is 10.7. The predicted molar refractivity (Wildman–Crippen MR) is 63.4 cm³/mol. The van der Waals surface area contributed by atoms with Gasteiger partial charge in [0, 0.05) is 6.92 Å². The minimum Gasteiger partial charge on any atom is -0.741 e. The van der Waals surface area contributed by atoms with E-state index >= 15 is 0 Å². The Morgan fingerprint density at radius 2 is 1.84 bits per heavy atom. The molecule has 0 aromatic rings. The van der Waals surface area contributed by atoms with Crippen molar-refractivity contribution in [2.75, 3.05) is 6.54 Å². The van der Waals surface area contributed by atoms with Crippen molar-refractivity contribution in [1.82, 2.24) is 0 Å². The number of unbranched alkanes of at least 4 members (excludes halogenated alkanes) is 1. The highest BCUT2D eigenvalue weighted by Gasteiger charge is 2.36. The van der Waals surface area contributed by atoms with Gasteiger partial charge in [-0.3, -0.25) is 4.90 Å². The lowest BCUT2D eigenvalue weighted by Crippen LogP contribution is -3.08. The van der Waals surface area contributed by atoms with E-state index in [4.69, 9.17) is 13.0 Å². The Hall–Kier alpha value is -0.930. The second kappa shape index (κ2) is 7.01. The van der Waals surface area contributed by atoms with Crippen molar-refractivity contribution in [3.05, 3.63) is 11.4 Å². The second-order valence-electron chi connectivity index (χ2n) is 4.00. The Labute approximate surface area is 110 Å². The van der Waals surface area contributed by atoms with Crippen LogP contribution < -0.4 is 4.90 Å². The van der Waals surface area contributed by atoms with Crippen LogP contribution in [-0.4, -0.2) is 31.4 Å². The van der Waals surface area contributed by atoms with Gasteiger partial charge in [-0.2, -0.15) is 13.2 Å². The topological polar surface area (TPSA) is 74.0 Å². The van der Waals surface area contributed by atoms with Crippen LogP contribution in [0.2, 0.25) is 0 Å². The van der Waals surface area contributed by atoms with Gasteiger partial charge in [0.05, 0.1) is 12.2 Å². The molecule has 0 aromatic carbocycles. The molecule has 19 heavy (non-hydrogen) atoms. The Morgan fingerprint density at radius 1 is 1.37 bits per heavy atom. The number of quaternary nitrogens is 1. The average molecular weight is 302 g/mol. The predicted octanol–water partition coefficient (Wildman–Crippen LogP) is 1.02. The number of alkyl halides is 3. The zero-order valence-corrected chi connectivity index (χ0v) is 11.7. The van der Waals surface area contributed by atoms with Crippen LogP contribution in [0.3, 0.4) is 0 Å². The van der Waals surface area contributed by atoms with Crippen LogP contribution in [0.4, 0.5) is 13.2 Å². The number of nitrogens with one attached hydrogen (secondary N) is 1. The lowest BCUT2D eigenvalue weighted by Gasteiger charge is -2.08. The van der Waals surface area contributed by atoms with E-state index in [2.05, 4.69) is 25.8 Å². The van der Waals surface area contributed by atoms with Gasteiger partial charge < -0.3 is 4.55 Å². The number of nitrogens with zero attached hydrogens (tertiary/aromatic N) is 1. The van der Waals surface area contributed by atoms with Crippen LogP contribution in [-0.2, 0) is 10.1 Å². The van der Waals surface area contributed by atoms with Gasteiger partial charge in [0.2, 0.25) is 0 Å². The molecule has 1 unspecified atom stereocenters. The first-order chi connectivity index (χ1) is 8.50. The molecule has 1 rings (SSSR count). The van der Waals surface area contributed by atoms with E-state index in [-0.39, 0.29) is 0 Å². The van der Waals surface area contributed by atoms with Gasteiger partial charge in [-0.05, 0) is 13.3 Å². The highest BCUT2D eigenvalue weighted by Crippen LogP contribution is 2.20. The van der Waals surface area contributed by atoms with Gasteiger partial charge in [-0.1, -0.05) is 13.3 Å². The Bertz CT molecular complexity index is 455. The molecule has 0 bridgehead atoms. The molecule has 1 atom stereocenters. The first kappa shape index (κ1) is 18.1. The van der Waals surface area contributed by atoms with E-state index in [1.165, 1.54) is 35.7 Å². The van der Waals surface area contributed by atoms with Crippen molar-refractivity contribution in [2.45, 2.75) is 39.1 Å². The van der Waals surface area contributed by atoms with Gasteiger partial charge in [0.25, 0.3) is 0 Å². The third-order valence-electron chi connectivity index (χ3n) is 2.52. The molecule has 0 amide bonds. The van der Waals surface area contributed by atoms with Crippen molar-refractivity contribution in [1.29, 1.82) is 0 Å². The molecule has 0 spiro atoms. The lowest BCUT2D eigenvalue weighted by atomic mass is 10.3. The summed E-state index contributed by atoms with van der Waals surface area (Å²) >= 11 is 0. The molecule has 0 saturated carbocycles. The molecule has 1 aliphatic heterocycles. The fraction of sp³-hybridized carbons (Fsp3) is 0.700. The molecule has 0 fully saturated rings. The summed E-state index contributed by atoms with van der Waals surface area (Å²) in [4.78, 5) is 5.70.